The molecule has 3 nitrogen and oxygen atoms in total. The predicted octanol–water partition coefficient (Wildman–Crippen LogP) is 0.805. The van der Waals surface area contributed by atoms with E-state index in [0.29, 0.717) is 0 Å². The summed E-state index contributed by atoms with van der Waals surface area (Å²) in [7, 11) is 0. The Morgan fingerprint density at radius 2 is 2.25 bits per heavy atom. The molecule has 0 saturated heterocycles. The summed E-state index contributed by atoms with van der Waals surface area (Å²) in [5.41, 5.74) is -0.866. The molecule has 12 heavy (non-hydrogen) atoms. The molecule has 0 aliphatic heterocycles. The highest BCUT2D eigenvalue weighted by molar-refractivity contribution is 5.23. The number of alkyl halides is 2. The van der Waals surface area contributed by atoms with Gasteiger partial charge in [0.1, 0.15) is 0 Å². The van der Waals surface area contributed by atoms with Crippen LogP contribution < -0.4 is 5.56 Å². The summed E-state index contributed by atoms with van der Waals surface area (Å²) in [6.07, 6.45) is -1.76. The van der Waals surface area contributed by atoms with Gasteiger partial charge in [0.25, 0.3) is 6.43 Å². The van der Waals surface area contributed by atoms with Crippen LogP contribution in [0.5, 0.6) is 0 Å². The Morgan fingerprint density at radius 1 is 1.58 bits per heavy atom. The molecule has 2 N–H and O–H groups in total. The van der Waals surface area contributed by atoms with Crippen LogP contribution in [0.4, 0.5) is 8.78 Å². The Hall–Kier alpha value is -1.23. The van der Waals surface area contributed by atoms with Crippen LogP contribution in [0.15, 0.2) is 17.1 Å². The van der Waals surface area contributed by atoms with Crippen molar-refractivity contribution >= 4 is 0 Å². The molecule has 1 aromatic rings. The Balaban J connectivity index is 3.20. The Morgan fingerprint density at radius 3 is 2.75 bits per heavy atom. The van der Waals surface area contributed by atoms with Gasteiger partial charge in [-0.15, -0.1) is 0 Å². The molecule has 5 heteroatoms. The van der Waals surface area contributed by atoms with E-state index in [1.165, 1.54) is 0 Å². The van der Waals surface area contributed by atoms with E-state index in [4.69, 9.17) is 5.11 Å². The van der Waals surface area contributed by atoms with E-state index in [2.05, 4.69) is 4.98 Å². The third-order valence-corrected chi connectivity index (χ3v) is 1.45. The first kappa shape index (κ1) is 8.86. The number of halogens is 2. The lowest BCUT2D eigenvalue weighted by Gasteiger charge is -2.03. The number of nitrogens with one attached hydrogen (secondary N) is 1. The van der Waals surface area contributed by atoms with E-state index in [9.17, 15) is 13.6 Å². The maximum atomic E-state index is 12.1. The summed E-state index contributed by atoms with van der Waals surface area (Å²) in [4.78, 5) is 12.7. The zero-order chi connectivity index (χ0) is 9.14. The highest BCUT2D eigenvalue weighted by Crippen LogP contribution is 2.20. The molecule has 0 aromatic carbocycles. The minimum atomic E-state index is -2.68. The summed E-state index contributed by atoms with van der Waals surface area (Å²) >= 11 is 0. The van der Waals surface area contributed by atoms with Gasteiger partial charge in [-0.05, 0) is 5.56 Å². The standard InChI is InChI=1S/C7H7F2NO2/c8-7(9)5-2-10-6(12)1-4(5)3-11/h1-2,7,11H,3H2,(H,10,12). The summed E-state index contributed by atoms with van der Waals surface area (Å²) in [6, 6.07) is 0.960. The Kier molecular flexibility index (Phi) is 2.54. The molecule has 1 rings (SSSR count). The number of aliphatic hydroxyl groups is 1. The molecular weight excluding hydrogens is 168 g/mol. The summed E-state index contributed by atoms with van der Waals surface area (Å²) < 4.78 is 24.2. The van der Waals surface area contributed by atoms with Crippen molar-refractivity contribution in [1.82, 2.24) is 4.98 Å². The number of rotatable bonds is 2. The van der Waals surface area contributed by atoms with Crippen LogP contribution >= 0.6 is 0 Å². The summed E-state index contributed by atoms with van der Waals surface area (Å²) in [5.74, 6) is 0. The fourth-order valence-electron chi connectivity index (χ4n) is 0.865. The second kappa shape index (κ2) is 3.44. The second-order valence-corrected chi connectivity index (χ2v) is 2.24. The van der Waals surface area contributed by atoms with Crippen LogP contribution in [-0.4, -0.2) is 10.1 Å². The fourth-order valence-corrected chi connectivity index (χ4v) is 0.865. The van der Waals surface area contributed by atoms with Crippen molar-refractivity contribution in [1.29, 1.82) is 0 Å². The maximum absolute atomic E-state index is 12.1. The molecule has 0 radical (unpaired) electrons. The normalized spacial score (nSPS) is 10.7. The quantitative estimate of drug-likeness (QED) is 0.698. The highest BCUT2D eigenvalue weighted by atomic mass is 19.3. The van der Waals surface area contributed by atoms with Crippen molar-refractivity contribution in [3.8, 4) is 0 Å². The lowest BCUT2D eigenvalue weighted by molar-refractivity contribution is 0.146. The Bertz CT molecular complexity index is 321. The van der Waals surface area contributed by atoms with Crippen molar-refractivity contribution in [2.45, 2.75) is 13.0 Å². The minimum absolute atomic E-state index is 0.0336. The molecule has 1 heterocycles. The number of aromatic amines is 1. The third-order valence-electron chi connectivity index (χ3n) is 1.45. The molecule has 0 amide bonds. The van der Waals surface area contributed by atoms with Gasteiger partial charge in [-0.2, -0.15) is 0 Å². The molecule has 0 unspecified atom stereocenters. The molecule has 0 aliphatic carbocycles. The van der Waals surface area contributed by atoms with Gasteiger partial charge >= 0.3 is 0 Å². The highest BCUT2D eigenvalue weighted by Gasteiger charge is 2.12. The average molecular weight is 175 g/mol. The zero-order valence-electron chi connectivity index (χ0n) is 6.05. The molecule has 66 valence electrons. The first-order valence-corrected chi connectivity index (χ1v) is 3.25. The largest absolute Gasteiger partial charge is 0.392 e. The molecule has 0 fully saturated rings. The van der Waals surface area contributed by atoms with Crippen molar-refractivity contribution in [3.05, 3.63) is 33.7 Å². The van der Waals surface area contributed by atoms with Crippen LogP contribution in [0.3, 0.4) is 0 Å². The van der Waals surface area contributed by atoms with E-state index >= 15 is 0 Å². The molecule has 0 saturated carbocycles. The van der Waals surface area contributed by atoms with E-state index < -0.39 is 18.6 Å². The van der Waals surface area contributed by atoms with Crippen molar-refractivity contribution in [3.63, 3.8) is 0 Å². The number of aliphatic hydroxyl groups excluding tert-OH is 1. The minimum Gasteiger partial charge on any atom is -0.392 e. The van der Waals surface area contributed by atoms with Gasteiger partial charge in [-0.25, -0.2) is 8.78 Å². The molecule has 0 bridgehead atoms. The van der Waals surface area contributed by atoms with Crippen LogP contribution in [0.2, 0.25) is 0 Å². The molecule has 1 aromatic heterocycles. The number of aromatic nitrogens is 1. The van der Waals surface area contributed by atoms with E-state index in [1.54, 1.807) is 0 Å². The van der Waals surface area contributed by atoms with E-state index in [1.807, 2.05) is 0 Å². The van der Waals surface area contributed by atoms with Gasteiger partial charge in [0.2, 0.25) is 5.56 Å². The van der Waals surface area contributed by atoms with Gasteiger partial charge < -0.3 is 10.1 Å². The number of hydrogen-bond acceptors (Lipinski definition) is 2. The first-order valence-electron chi connectivity index (χ1n) is 3.25. The number of pyridine rings is 1. The average Bonchev–Trinajstić information content (AvgIpc) is 2.03. The van der Waals surface area contributed by atoms with Crippen molar-refractivity contribution < 1.29 is 13.9 Å². The molecule has 0 atom stereocenters. The smallest absolute Gasteiger partial charge is 0.265 e. The van der Waals surface area contributed by atoms with Crippen molar-refractivity contribution in [2.75, 3.05) is 0 Å². The van der Waals surface area contributed by atoms with Gasteiger partial charge in [-0.1, -0.05) is 0 Å². The van der Waals surface area contributed by atoms with Crippen LogP contribution in [0, 0.1) is 0 Å². The lowest BCUT2D eigenvalue weighted by atomic mass is 10.1. The molecule has 0 aliphatic rings. The number of hydrogen-bond donors (Lipinski definition) is 2. The summed E-state index contributed by atoms with van der Waals surface area (Å²) in [5, 5.41) is 8.61. The molecule has 0 spiro atoms. The monoisotopic (exact) mass is 175 g/mol. The summed E-state index contributed by atoms with van der Waals surface area (Å²) in [6.45, 7) is -0.552. The number of H-pyrrole nitrogens is 1. The fraction of sp³-hybridized carbons (Fsp3) is 0.286. The van der Waals surface area contributed by atoms with Gasteiger partial charge in [-0.3, -0.25) is 4.79 Å². The molecular formula is C7H7F2NO2. The predicted molar refractivity (Wildman–Crippen MR) is 37.9 cm³/mol. The van der Waals surface area contributed by atoms with E-state index in [-0.39, 0.29) is 11.1 Å². The Labute approximate surface area is 66.7 Å². The van der Waals surface area contributed by atoms with Gasteiger partial charge in [0, 0.05) is 17.8 Å². The SMILES string of the molecule is O=c1cc(CO)c(C(F)F)c[nH]1. The van der Waals surface area contributed by atoms with Gasteiger partial charge in [0.05, 0.1) is 6.61 Å². The van der Waals surface area contributed by atoms with Crippen molar-refractivity contribution in [2.24, 2.45) is 0 Å². The second-order valence-electron chi connectivity index (χ2n) is 2.24. The maximum Gasteiger partial charge on any atom is 0.265 e. The third kappa shape index (κ3) is 1.68. The zero-order valence-corrected chi connectivity index (χ0v) is 6.05. The lowest BCUT2D eigenvalue weighted by Crippen LogP contribution is -2.08. The van der Waals surface area contributed by atoms with E-state index in [0.717, 1.165) is 12.3 Å². The topological polar surface area (TPSA) is 53.1 Å². The van der Waals surface area contributed by atoms with Crippen LogP contribution in [0.1, 0.15) is 17.6 Å². The van der Waals surface area contributed by atoms with Crippen LogP contribution in [0.25, 0.3) is 0 Å². The van der Waals surface area contributed by atoms with Crippen LogP contribution in [-0.2, 0) is 6.61 Å². The van der Waals surface area contributed by atoms with Gasteiger partial charge in [0.15, 0.2) is 0 Å². The first-order chi connectivity index (χ1) is 5.65.